The smallest absolute Gasteiger partial charge is 0.243 e. The highest BCUT2D eigenvalue weighted by Gasteiger charge is 2.19. The van der Waals surface area contributed by atoms with Crippen molar-refractivity contribution in [3.63, 3.8) is 0 Å². The molecule has 0 bridgehead atoms. The van der Waals surface area contributed by atoms with Crippen molar-refractivity contribution in [3.8, 4) is 0 Å². The number of furan rings is 1. The molecule has 2 amide bonds. The van der Waals surface area contributed by atoms with Gasteiger partial charge in [-0.15, -0.1) is 0 Å². The molecule has 1 heterocycles. The van der Waals surface area contributed by atoms with Crippen LogP contribution in [-0.4, -0.2) is 17.9 Å². The number of rotatable bonds is 6. The zero-order chi connectivity index (χ0) is 15.1. The number of hydrogen-bond acceptors (Lipinski definition) is 3. The molecule has 2 rings (SSSR count). The number of benzene rings is 1. The molecule has 0 saturated carbocycles. The Bertz CT molecular complexity index is 579. The Morgan fingerprint density at radius 1 is 1.14 bits per heavy atom. The van der Waals surface area contributed by atoms with E-state index in [1.54, 1.807) is 18.4 Å². The number of carbonyl (C=O) groups is 2. The Labute approximate surface area is 123 Å². The first-order valence-electron chi connectivity index (χ1n) is 6.76. The second kappa shape index (κ2) is 7.28. The third-order valence-corrected chi connectivity index (χ3v) is 2.99. The van der Waals surface area contributed by atoms with Crippen LogP contribution in [0.3, 0.4) is 0 Å². The molecule has 0 aliphatic carbocycles. The van der Waals surface area contributed by atoms with E-state index >= 15 is 0 Å². The largest absolute Gasteiger partial charge is 0.467 e. The first-order valence-corrected chi connectivity index (χ1v) is 6.76. The summed E-state index contributed by atoms with van der Waals surface area (Å²) >= 11 is 0. The van der Waals surface area contributed by atoms with Crippen LogP contribution < -0.4 is 10.6 Å². The zero-order valence-electron chi connectivity index (χ0n) is 11.8. The number of carbonyl (C=O) groups excluding carboxylic acids is 2. The molecule has 0 spiro atoms. The quantitative estimate of drug-likeness (QED) is 0.848. The summed E-state index contributed by atoms with van der Waals surface area (Å²) in [6.07, 6.45) is 2.00. The van der Waals surface area contributed by atoms with Crippen LogP contribution in [0.2, 0.25) is 0 Å². The highest BCUT2D eigenvalue weighted by molar-refractivity contribution is 5.87. The standard InChI is InChI=1S/C16H18N2O3/c1-12(19)18-15(10-13-6-3-2-4-7-13)16(20)17-11-14-8-5-9-21-14/h2-9,15H,10-11H2,1H3,(H,17,20)(H,18,19)/t15-/m0/s1. The van der Waals surface area contributed by atoms with Gasteiger partial charge in [-0.1, -0.05) is 30.3 Å². The number of nitrogens with one attached hydrogen (secondary N) is 2. The molecule has 2 N–H and O–H groups in total. The van der Waals surface area contributed by atoms with Crippen molar-refractivity contribution in [2.24, 2.45) is 0 Å². The lowest BCUT2D eigenvalue weighted by Crippen LogP contribution is -2.47. The van der Waals surface area contributed by atoms with Crippen LogP contribution in [0.1, 0.15) is 18.2 Å². The van der Waals surface area contributed by atoms with E-state index in [0.29, 0.717) is 18.7 Å². The van der Waals surface area contributed by atoms with Crippen LogP contribution in [0.25, 0.3) is 0 Å². The van der Waals surface area contributed by atoms with E-state index in [1.807, 2.05) is 30.3 Å². The summed E-state index contributed by atoms with van der Waals surface area (Å²) < 4.78 is 5.16. The average Bonchev–Trinajstić information content (AvgIpc) is 2.98. The van der Waals surface area contributed by atoms with Crippen molar-refractivity contribution in [1.82, 2.24) is 10.6 Å². The third-order valence-electron chi connectivity index (χ3n) is 2.99. The Morgan fingerprint density at radius 2 is 1.90 bits per heavy atom. The van der Waals surface area contributed by atoms with Gasteiger partial charge in [0.05, 0.1) is 12.8 Å². The maximum absolute atomic E-state index is 12.2. The van der Waals surface area contributed by atoms with Gasteiger partial charge in [-0.25, -0.2) is 0 Å². The Hall–Kier alpha value is -2.56. The molecular formula is C16H18N2O3. The maximum atomic E-state index is 12.2. The van der Waals surface area contributed by atoms with Gasteiger partial charge in [0.2, 0.25) is 11.8 Å². The van der Waals surface area contributed by atoms with Crippen LogP contribution >= 0.6 is 0 Å². The topological polar surface area (TPSA) is 71.3 Å². The second-order valence-corrected chi connectivity index (χ2v) is 4.74. The van der Waals surface area contributed by atoms with Crippen LogP contribution in [0.5, 0.6) is 0 Å². The summed E-state index contributed by atoms with van der Waals surface area (Å²) in [5.74, 6) is 0.208. The number of hydrogen-bond donors (Lipinski definition) is 2. The molecule has 2 aromatic rings. The van der Waals surface area contributed by atoms with Crippen LogP contribution in [0.4, 0.5) is 0 Å². The lowest BCUT2D eigenvalue weighted by Gasteiger charge is -2.17. The van der Waals surface area contributed by atoms with Gasteiger partial charge in [0.1, 0.15) is 11.8 Å². The molecule has 0 saturated heterocycles. The van der Waals surface area contributed by atoms with E-state index in [0.717, 1.165) is 5.56 Å². The van der Waals surface area contributed by atoms with Crippen LogP contribution in [0, 0.1) is 0 Å². The monoisotopic (exact) mass is 286 g/mol. The Balaban J connectivity index is 1.97. The van der Waals surface area contributed by atoms with Gasteiger partial charge >= 0.3 is 0 Å². The minimum atomic E-state index is -0.597. The highest BCUT2D eigenvalue weighted by Crippen LogP contribution is 2.04. The third kappa shape index (κ3) is 4.80. The van der Waals surface area contributed by atoms with Crippen molar-refractivity contribution in [2.45, 2.75) is 25.9 Å². The van der Waals surface area contributed by atoms with Crippen molar-refractivity contribution in [1.29, 1.82) is 0 Å². The Kier molecular flexibility index (Phi) is 5.15. The van der Waals surface area contributed by atoms with Gasteiger partial charge in [-0.05, 0) is 17.7 Å². The fraction of sp³-hybridized carbons (Fsp3) is 0.250. The summed E-state index contributed by atoms with van der Waals surface area (Å²) in [5, 5.41) is 5.44. The van der Waals surface area contributed by atoms with E-state index < -0.39 is 6.04 Å². The molecule has 21 heavy (non-hydrogen) atoms. The van der Waals surface area contributed by atoms with Gasteiger partial charge in [0.25, 0.3) is 0 Å². The molecule has 0 fully saturated rings. The van der Waals surface area contributed by atoms with Gasteiger partial charge in [0.15, 0.2) is 0 Å². The number of amides is 2. The molecule has 0 unspecified atom stereocenters. The summed E-state index contributed by atoms with van der Waals surface area (Å²) in [4.78, 5) is 23.5. The second-order valence-electron chi connectivity index (χ2n) is 4.74. The molecule has 0 aliphatic heterocycles. The van der Waals surface area contributed by atoms with E-state index in [9.17, 15) is 9.59 Å². The van der Waals surface area contributed by atoms with Crippen molar-refractivity contribution < 1.29 is 14.0 Å². The van der Waals surface area contributed by atoms with Gasteiger partial charge < -0.3 is 15.1 Å². The lowest BCUT2D eigenvalue weighted by molar-refractivity contribution is -0.128. The van der Waals surface area contributed by atoms with E-state index in [1.165, 1.54) is 6.92 Å². The molecular weight excluding hydrogens is 268 g/mol. The molecule has 5 nitrogen and oxygen atoms in total. The molecule has 5 heteroatoms. The molecule has 110 valence electrons. The molecule has 1 aromatic carbocycles. The zero-order valence-corrected chi connectivity index (χ0v) is 11.8. The van der Waals surface area contributed by atoms with Crippen molar-refractivity contribution >= 4 is 11.8 Å². The molecule has 0 aliphatic rings. The van der Waals surface area contributed by atoms with Crippen molar-refractivity contribution in [2.75, 3.05) is 0 Å². The predicted octanol–water partition coefficient (Wildman–Crippen LogP) is 1.64. The summed E-state index contributed by atoms with van der Waals surface area (Å²) in [7, 11) is 0. The first kappa shape index (κ1) is 14.8. The fourth-order valence-electron chi connectivity index (χ4n) is 2.02. The molecule has 1 aromatic heterocycles. The summed E-state index contributed by atoms with van der Waals surface area (Å²) in [5.41, 5.74) is 0.990. The maximum Gasteiger partial charge on any atom is 0.243 e. The van der Waals surface area contributed by atoms with Crippen LogP contribution in [0.15, 0.2) is 53.1 Å². The van der Waals surface area contributed by atoms with Crippen molar-refractivity contribution in [3.05, 3.63) is 60.1 Å². The molecule has 0 radical (unpaired) electrons. The minimum absolute atomic E-state index is 0.231. The van der Waals surface area contributed by atoms with Gasteiger partial charge in [-0.3, -0.25) is 9.59 Å². The van der Waals surface area contributed by atoms with Gasteiger partial charge in [-0.2, -0.15) is 0 Å². The molecule has 1 atom stereocenters. The van der Waals surface area contributed by atoms with E-state index in [2.05, 4.69) is 10.6 Å². The first-order chi connectivity index (χ1) is 10.1. The minimum Gasteiger partial charge on any atom is -0.467 e. The summed E-state index contributed by atoms with van der Waals surface area (Å²) in [6, 6.07) is 12.5. The highest BCUT2D eigenvalue weighted by atomic mass is 16.3. The van der Waals surface area contributed by atoms with Crippen LogP contribution in [-0.2, 0) is 22.6 Å². The lowest BCUT2D eigenvalue weighted by atomic mass is 10.1. The predicted molar refractivity (Wildman–Crippen MR) is 78.3 cm³/mol. The summed E-state index contributed by atoms with van der Waals surface area (Å²) in [6.45, 7) is 1.70. The Morgan fingerprint density at radius 3 is 2.52 bits per heavy atom. The SMILES string of the molecule is CC(=O)N[C@@H](Cc1ccccc1)C(=O)NCc1ccco1. The fourth-order valence-corrected chi connectivity index (χ4v) is 2.02. The van der Waals surface area contributed by atoms with Gasteiger partial charge in [0, 0.05) is 13.3 Å². The average molecular weight is 286 g/mol. The van der Waals surface area contributed by atoms with E-state index in [-0.39, 0.29) is 11.8 Å². The van der Waals surface area contributed by atoms with E-state index in [4.69, 9.17) is 4.42 Å². The normalized spacial score (nSPS) is 11.7.